The quantitative estimate of drug-likeness (QED) is 0.690. The summed E-state index contributed by atoms with van der Waals surface area (Å²) in [6.07, 6.45) is 1.59. The highest BCUT2D eigenvalue weighted by atomic mass is 16.5. The van der Waals surface area contributed by atoms with E-state index in [0.29, 0.717) is 6.61 Å². The number of hydrogen-bond acceptors (Lipinski definition) is 2. The zero-order valence-corrected chi connectivity index (χ0v) is 7.19. The number of rotatable bonds is 2. The molecular formula is C10H11NO2. The van der Waals surface area contributed by atoms with Gasteiger partial charge in [-0.2, -0.15) is 0 Å². The van der Waals surface area contributed by atoms with Gasteiger partial charge in [-0.3, -0.25) is 4.79 Å². The van der Waals surface area contributed by atoms with Crippen LogP contribution in [0.25, 0.3) is 0 Å². The van der Waals surface area contributed by atoms with Crippen molar-refractivity contribution in [3.63, 3.8) is 0 Å². The summed E-state index contributed by atoms with van der Waals surface area (Å²) in [4.78, 5) is 10.3. The summed E-state index contributed by atoms with van der Waals surface area (Å²) in [5.74, 6) is 0.883. The smallest absolute Gasteiger partial charge is 0.207 e. The van der Waals surface area contributed by atoms with Crippen LogP contribution in [-0.4, -0.2) is 13.0 Å². The van der Waals surface area contributed by atoms with Crippen LogP contribution in [0.1, 0.15) is 18.0 Å². The molecule has 1 aromatic carbocycles. The fourth-order valence-electron chi connectivity index (χ4n) is 1.60. The highest BCUT2D eigenvalue weighted by molar-refractivity contribution is 5.49. The fourth-order valence-corrected chi connectivity index (χ4v) is 1.60. The van der Waals surface area contributed by atoms with Gasteiger partial charge in [-0.1, -0.05) is 18.2 Å². The van der Waals surface area contributed by atoms with Crippen LogP contribution in [0.3, 0.4) is 0 Å². The zero-order chi connectivity index (χ0) is 9.10. The number of para-hydroxylation sites is 1. The van der Waals surface area contributed by atoms with Gasteiger partial charge in [0, 0.05) is 12.0 Å². The molecule has 1 atom stereocenters. The Morgan fingerprint density at radius 1 is 1.46 bits per heavy atom. The van der Waals surface area contributed by atoms with Crippen molar-refractivity contribution in [1.82, 2.24) is 5.32 Å². The fraction of sp³-hybridized carbons (Fsp3) is 0.300. The molecule has 0 fully saturated rings. The van der Waals surface area contributed by atoms with E-state index in [-0.39, 0.29) is 6.04 Å². The van der Waals surface area contributed by atoms with E-state index in [1.807, 2.05) is 24.3 Å². The van der Waals surface area contributed by atoms with Gasteiger partial charge < -0.3 is 10.1 Å². The minimum Gasteiger partial charge on any atom is -0.493 e. The molecule has 1 unspecified atom stereocenters. The van der Waals surface area contributed by atoms with Crippen molar-refractivity contribution in [3.05, 3.63) is 29.8 Å². The summed E-state index contributed by atoms with van der Waals surface area (Å²) in [5, 5.41) is 2.78. The Kier molecular flexibility index (Phi) is 2.17. The first-order valence-electron chi connectivity index (χ1n) is 4.33. The molecule has 0 saturated heterocycles. The molecule has 0 bridgehead atoms. The normalized spacial score (nSPS) is 19.8. The van der Waals surface area contributed by atoms with E-state index in [2.05, 4.69) is 5.32 Å². The van der Waals surface area contributed by atoms with Crippen molar-refractivity contribution in [3.8, 4) is 5.75 Å². The number of hydrogen-bond donors (Lipinski definition) is 1. The maximum absolute atomic E-state index is 10.3. The summed E-state index contributed by atoms with van der Waals surface area (Å²) in [6.45, 7) is 0.669. The number of ether oxygens (including phenoxy) is 1. The molecule has 0 aliphatic carbocycles. The van der Waals surface area contributed by atoms with Gasteiger partial charge in [-0.05, 0) is 6.07 Å². The van der Waals surface area contributed by atoms with E-state index in [1.165, 1.54) is 0 Å². The van der Waals surface area contributed by atoms with E-state index in [9.17, 15) is 4.79 Å². The summed E-state index contributed by atoms with van der Waals surface area (Å²) in [7, 11) is 0. The lowest BCUT2D eigenvalue weighted by Crippen LogP contribution is -2.25. The van der Waals surface area contributed by atoms with Crippen LogP contribution in [0, 0.1) is 0 Å². The summed E-state index contributed by atoms with van der Waals surface area (Å²) < 4.78 is 5.44. The molecule has 0 radical (unpaired) electrons. The molecule has 1 aliphatic rings. The number of fused-ring (bicyclic) bond motifs is 1. The molecule has 3 nitrogen and oxygen atoms in total. The molecular weight excluding hydrogens is 166 g/mol. The molecule has 1 aromatic rings. The second-order valence-corrected chi connectivity index (χ2v) is 3.01. The van der Waals surface area contributed by atoms with Crippen LogP contribution in [0.4, 0.5) is 0 Å². The molecule has 1 amide bonds. The topological polar surface area (TPSA) is 38.3 Å². The molecule has 68 valence electrons. The molecule has 0 saturated carbocycles. The molecule has 1 aliphatic heterocycles. The minimum atomic E-state index is 0.113. The van der Waals surface area contributed by atoms with Crippen LogP contribution in [0.15, 0.2) is 24.3 Å². The number of nitrogens with one attached hydrogen (secondary N) is 1. The predicted octanol–water partition coefficient (Wildman–Crippen LogP) is 1.26. The van der Waals surface area contributed by atoms with Crippen molar-refractivity contribution < 1.29 is 9.53 Å². The van der Waals surface area contributed by atoms with Gasteiger partial charge in [0.2, 0.25) is 6.41 Å². The largest absolute Gasteiger partial charge is 0.493 e. The first-order valence-corrected chi connectivity index (χ1v) is 4.33. The number of carbonyl (C=O) groups excluding carboxylic acids is 1. The third-order valence-electron chi connectivity index (χ3n) is 2.23. The minimum absolute atomic E-state index is 0.113. The lowest BCUT2D eigenvalue weighted by Gasteiger charge is -2.24. The van der Waals surface area contributed by atoms with Gasteiger partial charge in [0.15, 0.2) is 0 Å². The van der Waals surface area contributed by atoms with Gasteiger partial charge in [0.25, 0.3) is 0 Å². The summed E-state index contributed by atoms with van der Waals surface area (Å²) >= 11 is 0. The van der Waals surface area contributed by atoms with Gasteiger partial charge in [0.1, 0.15) is 5.75 Å². The Morgan fingerprint density at radius 3 is 3.15 bits per heavy atom. The van der Waals surface area contributed by atoms with E-state index in [1.54, 1.807) is 0 Å². The van der Waals surface area contributed by atoms with Crippen molar-refractivity contribution in [2.45, 2.75) is 12.5 Å². The van der Waals surface area contributed by atoms with Gasteiger partial charge in [-0.15, -0.1) is 0 Å². The number of carbonyl (C=O) groups is 1. The van der Waals surface area contributed by atoms with Crippen molar-refractivity contribution >= 4 is 6.41 Å². The molecule has 3 heteroatoms. The van der Waals surface area contributed by atoms with Crippen LogP contribution in [-0.2, 0) is 4.79 Å². The van der Waals surface area contributed by atoms with Crippen molar-refractivity contribution in [2.75, 3.05) is 6.61 Å². The van der Waals surface area contributed by atoms with Crippen LogP contribution in [0.5, 0.6) is 5.75 Å². The third kappa shape index (κ3) is 1.49. The van der Waals surface area contributed by atoms with Crippen LogP contribution < -0.4 is 10.1 Å². The zero-order valence-electron chi connectivity index (χ0n) is 7.19. The number of benzene rings is 1. The Hall–Kier alpha value is -1.51. The van der Waals surface area contributed by atoms with E-state index in [0.717, 1.165) is 24.1 Å². The van der Waals surface area contributed by atoms with Gasteiger partial charge >= 0.3 is 0 Å². The SMILES string of the molecule is O=CNC1CCOc2ccccc21. The molecule has 13 heavy (non-hydrogen) atoms. The van der Waals surface area contributed by atoms with Crippen LogP contribution in [0.2, 0.25) is 0 Å². The van der Waals surface area contributed by atoms with Gasteiger partial charge in [0.05, 0.1) is 12.6 Å². The van der Waals surface area contributed by atoms with E-state index >= 15 is 0 Å². The van der Waals surface area contributed by atoms with Crippen LogP contribution >= 0.6 is 0 Å². The first-order chi connectivity index (χ1) is 6.42. The average molecular weight is 177 g/mol. The van der Waals surface area contributed by atoms with Gasteiger partial charge in [-0.25, -0.2) is 0 Å². The van der Waals surface area contributed by atoms with Crippen molar-refractivity contribution in [2.24, 2.45) is 0 Å². The Bertz CT molecular complexity index is 312. The Morgan fingerprint density at radius 2 is 2.31 bits per heavy atom. The Balaban J connectivity index is 2.31. The standard InChI is InChI=1S/C10H11NO2/c12-7-11-9-5-6-13-10-4-2-1-3-8(9)10/h1-4,7,9H,5-6H2,(H,11,12). The molecule has 0 aromatic heterocycles. The maximum atomic E-state index is 10.3. The molecule has 2 rings (SSSR count). The number of amides is 1. The second kappa shape index (κ2) is 3.47. The average Bonchev–Trinajstić information content (AvgIpc) is 2.19. The Labute approximate surface area is 76.7 Å². The predicted molar refractivity (Wildman–Crippen MR) is 48.5 cm³/mol. The highest BCUT2D eigenvalue weighted by Gasteiger charge is 2.19. The maximum Gasteiger partial charge on any atom is 0.207 e. The molecule has 1 N–H and O–H groups in total. The summed E-state index contributed by atoms with van der Waals surface area (Å²) in [5.41, 5.74) is 1.07. The van der Waals surface area contributed by atoms with E-state index in [4.69, 9.17) is 4.74 Å². The third-order valence-corrected chi connectivity index (χ3v) is 2.23. The van der Waals surface area contributed by atoms with Crippen molar-refractivity contribution in [1.29, 1.82) is 0 Å². The summed E-state index contributed by atoms with van der Waals surface area (Å²) in [6, 6.07) is 7.90. The highest BCUT2D eigenvalue weighted by Crippen LogP contribution is 2.30. The lowest BCUT2D eigenvalue weighted by atomic mass is 10.0. The molecule has 1 heterocycles. The van der Waals surface area contributed by atoms with E-state index < -0.39 is 0 Å². The molecule has 0 spiro atoms. The first kappa shape index (κ1) is 8.10. The monoisotopic (exact) mass is 177 g/mol. The second-order valence-electron chi connectivity index (χ2n) is 3.01. The lowest BCUT2D eigenvalue weighted by molar-refractivity contribution is -0.110.